The summed E-state index contributed by atoms with van der Waals surface area (Å²) < 4.78 is 0. The highest BCUT2D eigenvalue weighted by Crippen LogP contribution is 2.20. The summed E-state index contributed by atoms with van der Waals surface area (Å²) in [7, 11) is 0. The molecule has 3 heteroatoms. The van der Waals surface area contributed by atoms with Crippen LogP contribution in [0, 0.1) is 5.92 Å². The van der Waals surface area contributed by atoms with Crippen LogP contribution >= 0.6 is 0 Å². The maximum Gasteiger partial charge on any atom is 0.149 e. The average Bonchev–Trinajstić information content (AvgIpc) is 2.08. The molecule has 1 N–H and O–H groups in total. The number of ketones is 1. The Balaban J connectivity index is 2.33. The molecule has 0 unspecified atom stereocenters. The van der Waals surface area contributed by atoms with E-state index in [2.05, 4.69) is 4.90 Å². The summed E-state index contributed by atoms with van der Waals surface area (Å²) in [6.45, 7) is 7.96. The number of rotatable bonds is 3. The summed E-state index contributed by atoms with van der Waals surface area (Å²) in [5.74, 6) is 0.420. The maximum absolute atomic E-state index is 11.5. The molecule has 0 bridgehead atoms. The Bertz CT molecular complexity index is 201. The van der Waals surface area contributed by atoms with Crippen LogP contribution in [-0.2, 0) is 4.79 Å². The van der Waals surface area contributed by atoms with Crippen molar-refractivity contribution < 1.29 is 9.90 Å². The molecule has 1 saturated heterocycles. The number of nitrogens with zero attached hydrogens (tertiary/aromatic N) is 1. The highest BCUT2D eigenvalue weighted by Gasteiger charge is 2.28. The molecule has 3 nitrogen and oxygen atoms in total. The summed E-state index contributed by atoms with van der Waals surface area (Å²) in [5.41, 5.74) is -0.516. The maximum atomic E-state index is 11.5. The van der Waals surface area contributed by atoms with E-state index in [1.165, 1.54) is 0 Å². The molecule has 1 heterocycles. The summed E-state index contributed by atoms with van der Waals surface area (Å²) in [6, 6.07) is 0. The van der Waals surface area contributed by atoms with Gasteiger partial charge in [-0.1, -0.05) is 13.8 Å². The molecule has 0 amide bonds. The number of aliphatic hydroxyl groups is 1. The standard InChI is InChI=1S/C11H21NO2/c1-9(2)10(13)8-12-6-4-11(3,14)5-7-12/h9,14H,4-8H2,1-3H3. The van der Waals surface area contributed by atoms with Crippen molar-refractivity contribution in [2.75, 3.05) is 19.6 Å². The van der Waals surface area contributed by atoms with Gasteiger partial charge in [-0.25, -0.2) is 0 Å². The molecule has 0 atom stereocenters. The molecule has 1 rings (SSSR count). The average molecular weight is 199 g/mol. The van der Waals surface area contributed by atoms with E-state index in [-0.39, 0.29) is 5.92 Å². The predicted octanol–water partition coefficient (Wildman–Crippen LogP) is 1.06. The van der Waals surface area contributed by atoms with E-state index in [4.69, 9.17) is 0 Å². The third kappa shape index (κ3) is 3.39. The van der Waals surface area contributed by atoms with E-state index in [9.17, 15) is 9.90 Å². The predicted molar refractivity (Wildman–Crippen MR) is 56.1 cm³/mol. The van der Waals surface area contributed by atoms with Gasteiger partial charge >= 0.3 is 0 Å². The monoisotopic (exact) mass is 199 g/mol. The van der Waals surface area contributed by atoms with Gasteiger partial charge in [-0.2, -0.15) is 0 Å². The first-order chi connectivity index (χ1) is 6.41. The van der Waals surface area contributed by atoms with Crippen molar-refractivity contribution in [3.8, 4) is 0 Å². The zero-order chi connectivity index (χ0) is 10.8. The fourth-order valence-electron chi connectivity index (χ4n) is 1.60. The summed E-state index contributed by atoms with van der Waals surface area (Å²) in [5, 5.41) is 9.72. The van der Waals surface area contributed by atoms with Crippen LogP contribution in [0.15, 0.2) is 0 Å². The first-order valence-electron chi connectivity index (χ1n) is 5.38. The molecule has 0 aromatic carbocycles. The molecule has 1 aliphatic heterocycles. The van der Waals surface area contributed by atoms with Crippen LogP contribution in [0.4, 0.5) is 0 Å². The van der Waals surface area contributed by atoms with E-state index in [0.29, 0.717) is 12.3 Å². The molecule has 14 heavy (non-hydrogen) atoms. The highest BCUT2D eigenvalue weighted by molar-refractivity contribution is 5.82. The molecule has 0 saturated carbocycles. The van der Waals surface area contributed by atoms with E-state index in [0.717, 1.165) is 25.9 Å². The zero-order valence-electron chi connectivity index (χ0n) is 9.42. The lowest BCUT2D eigenvalue weighted by Gasteiger charge is -2.35. The lowest BCUT2D eigenvalue weighted by Crippen LogP contribution is -2.44. The minimum atomic E-state index is -0.516. The SMILES string of the molecule is CC(C)C(=O)CN1CCC(C)(O)CC1. The Morgan fingerprint density at radius 1 is 1.43 bits per heavy atom. The Morgan fingerprint density at radius 3 is 2.36 bits per heavy atom. The van der Waals surface area contributed by atoms with Crippen molar-refractivity contribution in [2.24, 2.45) is 5.92 Å². The summed E-state index contributed by atoms with van der Waals surface area (Å²) >= 11 is 0. The largest absolute Gasteiger partial charge is 0.390 e. The smallest absolute Gasteiger partial charge is 0.149 e. The van der Waals surface area contributed by atoms with Crippen LogP contribution in [0.3, 0.4) is 0 Å². The second-order valence-electron chi connectivity index (χ2n) is 4.89. The number of hydrogen-bond acceptors (Lipinski definition) is 3. The molecule has 0 aromatic rings. The van der Waals surface area contributed by atoms with Crippen molar-refractivity contribution in [3.63, 3.8) is 0 Å². The van der Waals surface area contributed by atoms with E-state index in [1.807, 2.05) is 20.8 Å². The topological polar surface area (TPSA) is 40.5 Å². The lowest BCUT2D eigenvalue weighted by atomic mass is 9.93. The number of hydrogen-bond donors (Lipinski definition) is 1. The second kappa shape index (κ2) is 4.41. The Hall–Kier alpha value is -0.410. The van der Waals surface area contributed by atoms with Gasteiger partial charge in [0.25, 0.3) is 0 Å². The molecule has 1 fully saturated rings. The van der Waals surface area contributed by atoms with Crippen LogP contribution in [0.5, 0.6) is 0 Å². The Kier molecular flexibility index (Phi) is 3.67. The van der Waals surface area contributed by atoms with E-state index >= 15 is 0 Å². The van der Waals surface area contributed by atoms with Crippen molar-refractivity contribution >= 4 is 5.78 Å². The van der Waals surface area contributed by atoms with Gasteiger partial charge in [0, 0.05) is 19.0 Å². The molecular formula is C11H21NO2. The van der Waals surface area contributed by atoms with Gasteiger partial charge in [0.05, 0.1) is 12.1 Å². The fourth-order valence-corrected chi connectivity index (χ4v) is 1.60. The minimum absolute atomic E-state index is 0.123. The van der Waals surface area contributed by atoms with E-state index < -0.39 is 5.60 Å². The zero-order valence-corrected chi connectivity index (χ0v) is 9.42. The molecule has 0 radical (unpaired) electrons. The van der Waals surface area contributed by atoms with Crippen LogP contribution < -0.4 is 0 Å². The summed E-state index contributed by atoms with van der Waals surface area (Å²) in [6.07, 6.45) is 1.55. The van der Waals surface area contributed by atoms with Crippen LogP contribution in [0.1, 0.15) is 33.6 Å². The first kappa shape index (κ1) is 11.7. The number of piperidine rings is 1. The number of likely N-dealkylation sites (tertiary alicyclic amines) is 1. The minimum Gasteiger partial charge on any atom is -0.390 e. The van der Waals surface area contributed by atoms with Crippen molar-refractivity contribution in [3.05, 3.63) is 0 Å². The second-order valence-corrected chi connectivity index (χ2v) is 4.89. The molecule has 1 aliphatic rings. The van der Waals surface area contributed by atoms with E-state index in [1.54, 1.807) is 0 Å². The molecule has 0 aliphatic carbocycles. The van der Waals surface area contributed by atoms with Gasteiger partial charge in [-0.05, 0) is 19.8 Å². The normalized spacial score (nSPS) is 22.6. The third-order valence-electron chi connectivity index (χ3n) is 2.96. The summed E-state index contributed by atoms with van der Waals surface area (Å²) in [4.78, 5) is 13.6. The molecular weight excluding hydrogens is 178 g/mol. The van der Waals surface area contributed by atoms with Crippen LogP contribution in [-0.4, -0.2) is 41.0 Å². The van der Waals surface area contributed by atoms with Gasteiger partial charge in [0.1, 0.15) is 5.78 Å². The lowest BCUT2D eigenvalue weighted by molar-refractivity contribution is -0.124. The van der Waals surface area contributed by atoms with Gasteiger partial charge in [-0.15, -0.1) is 0 Å². The molecule has 0 spiro atoms. The van der Waals surface area contributed by atoms with Crippen molar-refractivity contribution in [1.82, 2.24) is 4.90 Å². The Morgan fingerprint density at radius 2 is 1.93 bits per heavy atom. The van der Waals surface area contributed by atoms with Gasteiger partial charge in [0.2, 0.25) is 0 Å². The quantitative estimate of drug-likeness (QED) is 0.739. The van der Waals surface area contributed by atoms with Crippen LogP contribution in [0.25, 0.3) is 0 Å². The highest BCUT2D eigenvalue weighted by atomic mass is 16.3. The number of carbonyl (C=O) groups is 1. The molecule has 82 valence electrons. The third-order valence-corrected chi connectivity index (χ3v) is 2.96. The fraction of sp³-hybridized carbons (Fsp3) is 0.909. The first-order valence-corrected chi connectivity index (χ1v) is 5.38. The van der Waals surface area contributed by atoms with Crippen LogP contribution in [0.2, 0.25) is 0 Å². The molecule has 0 aromatic heterocycles. The van der Waals surface area contributed by atoms with Crippen molar-refractivity contribution in [1.29, 1.82) is 0 Å². The van der Waals surface area contributed by atoms with Gasteiger partial charge in [0.15, 0.2) is 0 Å². The Labute approximate surface area is 86.1 Å². The van der Waals surface area contributed by atoms with Gasteiger partial charge < -0.3 is 5.11 Å². The van der Waals surface area contributed by atoms with Gasteiger partial charge in [-0.3, -0.25) is 9.69 Å². The van der Waals surface area contributed by atoms with Crippen molar-refractivity contribution in [2.45, 2.75) is 39.2 Å². The number of carbonyl (C=O) groups excluding carboxylic acids is 1. The number of Topliss-reactive ketones (excluding diaryl/α,β-unsaturated/α-hetero) is 1.